The maximum absolute atomic E-state index is 12.3. The van der Waals surface area contributed by atoms with E-state index >= 15 is 0 Å². The predicted octanol–water partition coefficient (Wildman–Crippen LogP) is 3.87. The Kier molecular flexibility index (Phi) is 7.68. The first-order chi connectivity index (χ1) is 14.4. The van der Waals surface area contributed by atoms with Crippen LogP contribution < -0.4 is 10.2 Å². The largest absolute Gasteiger partial charge is 0.462 e. The molecule has 160 valence electrons. The van der Waals surface area contributed by atoms with Gasteiger partial charge >= 0.3 is 5.97 Å². The summed E-state index contributed by atoms with van der Waals surface area (Å²) >= 11 is 1.38. The first-order valence-corrected chi connectivity index (χ1v) is 11.2. The SMILES string of the molecule is CCOC(=O)c1ccc(NC(=O)CSc2cc(N3C[C@H](C)C[C@@H](C)C3)ncn2)cc1. The molecule has 8 heteroatoms. The van der Waals surface area contributed by atoms with Crippen molar-refractivity contribution in [1.29, 1.82) is 0 Å². The number of esters is 1. The highest BCUT2D eigenvalue weighted by molar-refractivity contribution is 7.99. The van der Waals surface area contributed by atoms with Gasteiger partial charge in [0.2, 0.25) is 5.91 Å². The Balaban J connectivity index is 1.53. The average Bonchev–Trinajstić information content (AvgIpc) is 2.72. The number of piperidine rings is 1. The fourth-order valence-corrected chi connectivity index (χ4v) is 4.33. The lowest BCUT2D eigenvalue weighted by Crippen LogP contribution is -2.39. The van der Waals surface area contributed by atoms with Crippen molar-refractivity contribution in [2.75, 3.05) is 35.7 Å². The number of nitrogens with zero attached hydrogens (tertiary/aromatic N) is 3. The number of carbonyl (C=O) groups excluding carboxylic acids is 2. The zero-order valence-electron chi connectivity index (χ0n) is 17.6. The van der Waals surface area contributed by atoms with Crippen LogP contribution in [0.4, 0.5) is 11.5 Å². The molecule has 0 spiro atoms. The fraction of sp³-hybridized carbons (Fsp3) is 0.455. The Morgan fingerprint density at radius 2 is 1.87 bits per heavy atom. The Morgan fingerprint density at radius 3 is 2.53 bits per heavy atom. The molecule has 1 saturated heterocycles. The Hall–Kier alpha value is -2.61. The number of ether oxygens (including phenoxy) is 1. The lowest BCUT2D eigenvalue weighted by Gasteiger charge is -2.35. The summed E-state index contributed by atoms with van der Waals surface area (Å²) in [6, 6.07) is 8.61. The van der Waals surface area contributed by atoms with Crippen molar-refractivity contribution in [3.63, 3.8) is 0 Å². The molecule has 30 heavy (non-hydrogen) atoms. The minimum Gasteiger partial charge on any atom is -0.462 e. The number of anilines is 2. The van der Waals surface area contributed by atoms with Gasteiger partial charge in [0.1, 0.15) is 17.2 Å². The van der Waals surface area contributed by atoms with Gasteiger partial charge in [-0.05, 0) is 49.4 Å². The second-order valence-corrected chi connectivity index (χ2v) is 8.70. The van der Waals surface area contributed by atoms with Gasteiger partial charge in [-0.25, -0.2) is 14.8 Å². The number of nitrogens with one attached hydrogen (secondary N) is 1. The van der Waals surface area contributed by atoms with Crippen molar-refractivity contribution in [2.45, 2.75) is 32.2 Å². The van der Waals surface area contributed by atoms with Gasteiger partial charge in [0.15, 0.2) is 0 Å². The number of rotatable bonds is 7. The molecule has 1 amide bonds. The standard InChI is InChI=1S/C22H28N4O3S/c1-4-29-22(28)17-5-7-18(8-6-17)25-20(27)13-30-21-10-19(23-14-24-21)26-11-15(2)9-16(3)12-26/h5-8,10,14-16H,4,9,11-13H2,1-3H3,(H,25,27)/t15-,16-/m1/s1. The second-order valence-electron chi connectivity index (χ2n) is 7.70. The zero-order valence-corrected chi connectivity index (χ0v) is 18.4. The molecule has 3 rings (SSSR count). The molecule has 1 aliphatic rings. The highest BCUT2D eigenvalue weighted by Gasteiger charge is 2.23. The highest BCUT2D eigenvalue weighted by Crippen LogP contribution is 2.27. The molecule has 2 atom stereocenters. The number of hydrogen-bond donors (Lipinski definition) is 1. The second kappa shape index (κ2) is 10.4. The maximum Gasteiger partial charge on any atom is 0.338 e. The van der Waals surface area contributed by atoms with Crippen LogP contribution in [0.3, 0.4) is 0 Å². The van der Waals surface area contributed by atoms with E-state index in [9.17, 15) is 9.59 Å². The third-order valence-corrected chi connectivity index (χ3v) is 5.78. The van der Waals surface area contributed by atoms with Gasteiger partial charge in [0.25, 0.3) is 0 Å². The number of carbonyl (C=O) groups is 2. The number of benzene rings is 1. The van der Waals surface area contributed by atoms with Crippen molar-refractivity contribution in [3.05, 3.63) is 42.2 Å². The minimum absolute atomic E-state index is 0.135. The Morgan fingerprint density at radius 1 is 1.17 bits per heavy atom. The lowest BCUT2D eigenvalue weighted by molar-refractivity contribution is -0.113. The number of amides is 1. The third kappa shape index (κ3) is 6.19. The lowest BCUT2D eigenvalue weighted by atomic mass is 9.92. The molecule has 0 radical (unpaired) electrons. The molecule has 1 aliphatic heterocycles. The quantitative estimate of drug-likeness (QED) is 0.407. The van der Waals surface area contributed by atoms with Gasteiger partial charge in [-0.1, -0.05) is 25.6 Å². The normalized spacial score (nSPS) is 18.7. The van der Waals surface area contributed by atoms with E-state index in [0.717, 1.165) is 23.9 Å². The third-order valence-electron chi connectivity index (χ3n) is 4.85. The average molecular weight is 429 g/mol. The van der Waals surface area contributed by atoms with Gasteiger partial charge in [0, 0.05) is 24.8 Å². The minimum atomic E-state index is -0.372. The summed E-state index contributed by atoms with van der Waals surface area (Å²) in [5.41, 5.74) is 1.09. The van der Waals surface area contributed by atoms with E-state index < -0.39 is 0 Å². The summed E-state index contributed by atoms with van der Waals surface area (Å²) in [4.78, 5) is 35.0. The van der Waals surface area contributed by atoms with Crippen LogP contribution in [0.15, 0.2) is 41.7 Å². The van der Waals surface area contributed by atoms with E-state index in [1.54, 1.807) is 37.5 Å². The van der Waals surface area contributed by atoms with Crippen molar-refractivity contribution in [2.24, 2.45) is 11.8 Å². The van der Waals surface area contributed by atoms with Gasteiger partial charge in [0.05, 0.1) is 17.9 Å². The molecule has 0 saturated carbocycles. The Labute approximate surface area is 181 Å². The van der Waals surface area contributed by atoms with Crippen LogP contribution in [-0.2, 0) is 9.53 Å². The maximum atomic E-state index is 12.3. The monoisotopic (exact) mass is 428 g/mol. The van der Waals surface area contributed by atoms with Gasteiger partial charge in [-0.3, -0.25) is 4.79 Å². The zero-order chi connectivity index (χ0) is 21.5. The van der Waals surface area contributed by atoms with E-state index in [1.807, 2.05) is 6.07 Å². The van der Waals surface area contributed by atoms with E-state index in [4.69, 9.17) is 4.74 Å². The summed E-state index contributed by atoms with van der Waals surface area (Å²) in [6.45, 7) is 8.61. The summed E-state index contributed by atoms with van der Waals surface area (Å²) in [7, 11) is 0. The van der Waals surface area contributed by atoms with Crippen LogP contribution in [0.2, 0.25) is 0 Å². The van der Waals surface area contributed by atoms with Crippen molar-refractivity contribution in [1.82, 2.24) is 9.97 Å². The van der Waals surface area contributed by atoms with Gasteiger partial charge in [-0.2, -0.15) is 0 Å². The molecule has 1 fully saturated rings. The predicted molar refractivity (Wildman–Crippen MR) is 119 cm³/mol. The molecule has 1 aromatic carbocycles. The molecule has 2 heterocycles. The summed E-state index contributed by atoms with van der Waals surface area (Å²) in [5, 5.41) is 3.61. The van der Waals surface area contributed by atoms with E-state index in [2.05, 4.69) is 34.0 Å². The van der Waals surface area contributed by atoms with E-state index in [0.29, 0.717) is 29.7 Å². The fourth-order valence-electron chi connectivity index (χ4n) is 3.67. The van der Waals surface area contributed by atoms with Gasteiger partial charge < -0.3 is 15.0 Å². The van der Waals surface area contributed by atoms with Crippen molar-refractivity contribution < 1.29 is 14.3 Å². The smallest absolute Gasteiger partial charge is 0.338 e. The first-order valence-electron chi connectivity index (χ1n) is 10.2. The molecule has 7 nitrogen and oxygen atoms in total. The molecular formula is C22H28N4O3S. The molecule has 0 aliphatic carbocycles. The molecule has 1 N–H and O–H groups in total. The molecule has 0 bridgehead atoms. The van der Waals surface area contributed by atoms with Crippen molar-refractivity contribution >= 4 is 35.1 Å². The van der Waals surface area contributed by atoms with Crippen LogP contribution in [0.25, 0.3) is 0 Å². The molecule has 2 aromatic rings. The van der Waals surface area contributed by atoms with Crippen LogP contribution in [-0.4, -0.2) is 47.3 Å². The van der Waals surface area contributed by atoms with Crippen LogP contribution in [0.5, 0.6) is 0 Å². The number of aromatic nitrogens is 2. The first kappa shape index (κ1) is 22.1. The summed E-state index contributed by atoms with van der Waals surface area (Å²) in [6.07, 6.45) is 2.80. The van der Waals surface area contributed by atoms with Crippen molar-refractivity contribution in [3.8, 4) is 0 Å². The molecule has 1 aromatic heterocycles. The number of thioether (sulfide) groups is 1. The van der Waals surface area contributed by atoms with Crippen LogP contribution in [0.1, 0.15) is 37.6 Å². The summed E-state index contributed by atoms with van der Waals surface area (Å²) < 4.78 is 4.96. The molecule has 0 unspecified atom stereocenters. The summed E-state index contributed by atoms with van der Waals surface area (Å²) in [5.74, 6) is 1.93. The van der Waals surface area contributed by atoms with Crippen LogP contribution >= 0.6 is 11.8 Å². The highest BCUT2D eigenvalue weighted by atomic mass is 32.2. The Bertz CT molecular complexity index is 865. The number of hydrogen-bond acceptors (Lipinski definition) is 7. The van der Waals surface area contributed by atoms with Crippen LogP contribution in [0, 0.1) is 11.8 Å². The van der Waals surface area contributed by atoms with E-state index in [1.165, 1.54) is 18.2 Å². The van der Waals surface area contributed by atoms with Gasteiger partial charge in [-0.15, -0.1) is 0 Å². The van der Waals surface area contributed by atoms with E-state index in [-0.39, 0.29) is 17.6 Å². The molecular weight excluding hydrogens is 400 g/mol. The topological polar surface area (TPSA) is 84.4 Å².